The molecule has 5 nitrogen and oxygen atoms in total. The van der Waals surface area contributed by atoms with Gasteiger partial charge in [0.25, 0.3) is 5.91 Å². The summed E-state index contributed by atoms with van der Waals surface area (Å²) in [6, 6.07) is 20.1. The zero-order valence-corrected chi connectivity index (χ0v) is 16.4. The normalized spacial score (nSPS) is 10.4. The summed E-state index contributed by atoms with van der Waals surface area (Å²) in [5.74, 6) is -0.365. The van der Waals surface area contributed by atoms with Crippen molar-refractivity contribution in [1.82, 2.24) is 0 Å². The van der Waals surface area contributed by atoms with Gasteiger partial charge in [-0.15, -0.1) is 0 Å². The number of carboxylic acids is 1. The Bertz CT molecular complexity index is 1010. The summed E-state index contributed by atoms with van der Waals surface area (Å²) in [5, 5.41) is 11.7. The Kier molecular flexibility index (Phi) is 6.29. The van der Waals surface area contributed by atoms with Gasteiger partial charge in [-0.05, 0) is 60.9 Å². The number of ether oxygens (including phenoxy) is 1. The molecule has 3 aromatic carbocycles. The first-order valence-corrected chi connectivity index (χ1v) is 9.32. The molecule has 0 unspecified atom stereocenters. The van der Waals surface area contributed by atoms with Crippen molar-refractivity contribution in [2.75, 3.05) is 5.32 Å². The predicted octanol–water partition coefficient (Wildman–Crippen LogP) is 4.76. The van der Waals surface area contributed by atoms with Crippen LogP contribution in [0, 0.1) is 13.8 Å². The van der Waals surface area contributed by atoms with Crippen LogP contribution >= 0.6 is 0 Å². The van der Waals surface area contributed by atoms with E-state index in [9.17, 15) is 9.59 Å². The van der Waals surface area contributed by atoms with Gasteiger partial charge in [-0.25, -0.2) is 0 Å². The standard InChI is InChI=1S/C24H23NO4/c1-16-3-12-22(17(2)13-16)25-24(28)20-8-10-21(11-9-20)29-15-19-6-4-18(5-7-19)14-23(26)27/h3-13H,14-15H2,1-2H3,(H,25,28)(H,26,27). The number of rotatable bonds is 7. The molecule has 0 aliphatic carbocycles. The third-order valence-corrected chi connectivity index (χ3v) is 4.53. The number of carboxylic acid groups (broad SMARTS) is 1. The third-order valence-electron chi connectivity index (χ3n) is 4.53. The fourth-order valence-corrected chi connectivity index (χ4v) is 2.95. The summed E-state index contributed by atoms with van der Waals surface area (Å²) in [4.78, 5) is 23.2. The summed E-state index contributed by atoms with van der Waals surface area (Å²) in [6.45, 7) is 4.34. The largest absolute Gasteiger partial charge is 0.489 e. The number of benzene rings is 3. The van der Waals surface area contributed by atoms with E-state index in [1.54, 1.807) is 36.4 Å². The second-order valence-corrected chi connectivity index (χ2v) is 6.97. The first-order valence-electron chi connectivity index (χ1n) is 9.32. The highest BCUT2D eigenvalue weighted by atomic mass is 16.5. The van der Waals surface area contributed by atoms with Crippen LogP contribution < -0.4 is 10.1 Å². The quantitative estimate of drug-likeness (QED) is 0.611. The van der Waals surface area contributed by atoms with Gasteiger partial charge in [0, 0.05) is 11.3 Å². The van der Waals surface area contributed by atoms with E-state index in [4.69, 9.17) is 9.84 Å². The topological polar surface area (TPSA) is 75.6 Å². The average molecular weight is 389 g/mol. The lowest BCUT2D eigenvalue weighted by molar-refractivity contribution is -0.136. The van der Waals surface area contributed by atoms with Gasteiger partial charge in [0.2, 0.25) is 0 Å². The highest BCUT2D eigenvalue weighted by Gasteiger charge is 2.08. The zero-order valence-electron chi connectivity index (χ0n) is 16.4. The van der Waals surface area contributed by atoms with Gasteiger partial charge in [-0.1, -0.05) is 42.0 Å². The molecular weight excluding hydrogens is 366 g/mol. The lowest BCUT2D eigenvalue weighted by Gasteiger charge is -2.10. The van der Waals surface area contributed by atoms with Crippen LogP contribution in [0.25, 0.3) is 0 Å². The van der Waals surface area contributed by atoms with Crippen molar-refractivity contribution in [2.45, 2.75) is 26.9 Å². The lowest BCUT2D eigenvalue weighted by Crippen LogP contribution is -2.12. The van der Waals surface area contributed by atoms with Crippen LogP contribution in [0.2, 0.25) is 0 Å². The van der Waals surface area contributed by atoms with Crippen LogP contribution in [-0.4, -0.2) is 17.0 Å². The molecule has 0 bridgehead atoms. The maximum absolute atomic E-state index is 12.5. The summed E-state index contributed by atoms with van der Waals surface area (Å²) in [5.41, 5.74) is 5.21. The number of aliphatic carboxylic acids is 1. The van der Waals surface area contributed by atoms with E-state index in [-0.39, 0.29) is 12.3 Å². The number of anilines is 1. The lowest BCUT2D eigenvalue weighted by atomic mass is 10.1. The molecule has 0 aliphatic rings. The Morgan fingerprint density at radius 2 is 1.55 bits per heavy atom. The van der Waals surface area contributed by atoms with Gasteiger partial charge < -0.3 is 15.2 Å². The minimum absolute atomic E-state index is 0.00672. The molecule has 0 saturated heterocycles. The number of hydrogen-bond donors (Lipinski definition) is 2. The fraction of sp³-hybridized carbons (Fsp3) is 0.167. The van der Waals surface area contributed by atoms with E-state index in [0.29, 0.717) is 17.9 Å². The number of nitrogens with one attached hydrogen (secondary N) is 1. The molecule has 5 heteroatoms. The molecule has 0 aromatic heterocycles. The van der Waals surface area contributed by atoms with Crippen molar-refractivity contribution in [3.05, 3.63) is 94.5 Å². The number of amides is 1. The molecule has 0 spiro atoms. The SMILES string of the molecule is Cc1ccc(NC(=O)c2ccc(OCc3ccc(CC(=O)O)cc3)cc2)c(C)c1. The summed E-state index contributed by atoms with van der Waals surface area (Å²) in [6.07, 6.45) is 0.00672. The van der Waals surface area contributed by atoms with Crippen LogP contribution in [0.15, 0.2) is 66.7 Å². The molecular formula is C24H23NO4. The molecule has 0 aliphatic heterocycles. The molecule has 0 atom stereocenters. The molecule has 1 amide bonds. The van der Waals surface area contributed by atoms with Gasteiger partial charge >= 0.3 is 5.97 Å². The van der Waals surface area contributed by atoms with E-state index in [2.05, 4.69) is 5.32 Å². The first kappa shape index (κ1) is 20.1. The zero-order chi connectivity index (χ0) is 20.8. The third kappa shape index (κ3) is 5.69. The Morgan fingerprint density at radius 3 is 2.17 bits per heavy atom. The Labute approximate surface area is 170 Å². The Balaban J connectivity index is 1.57. The van der Waals surface area contributed by atoms with Crippen molar-refractivity contribution in [1.29, 1.82) is 0 Å². The number of carbonyl (C=O) groups excluding carboxylic acids is 1. The van der Waals surface area contributed by atoms with E-state index >= 15 is 0 Å². The molecule has 0 heterocycles. The first-order chi connectivity index (χ1) is 13.9. The van der Waals surface area contributed by atoms with Gasteiger partial charge in [-0.2, -0.15) is 0 Å². The van der Waals surface area contributed by atoms with Crippen LogP contribution in [0.4, 0.5) is 5.69 Å². The minimum Gasteiger partial charge on any atom is -0.489 e. The maximum atomic E-state index is 12.5. The number of hydrogen-bond acceptors (Lipinski definition) is 3. The predicted molar refractivity (Wildman–Crippen MR) is 112 cm³/mol. The van der Waals surface area contributed by atoms with E-state index in [1.165, 1.54) is 0 Å². The van der Waals surface area contributed by atoms with Gasteiger partial charge in [0.15, 0.2) is 0 Å². The maximum Gasteiger partial charge on any atom is 0.307 e. The summed E-state index contributed by atoms with van der Waals surface area (Å²) < 4.78 is 5.75. The fourth-order valence-electron chi connectivity index (χ4n) is 2.95. The molecule has 3 rings (SSSR count). The van der Waals surface area contributed by atoms with Crippen molar-refractivity contribution < 1.29 is 19.4 Å². The second kappa shape index (κ2) is 9.06. The Hall–Kier alpha value is -3.60. The molecule has 0 fully saturated rings. The number of aryl methyl sites for hydroxylation is 2. The molecule has 0 saturated carbocycles. The van der Waals surface area contributed by atoms with E-state index < -0.39 is 5.97 Å². The average Bonchev–Trinajstić information content (AvgIpc) is 2.69. The summed E-state index contributed by atoms with van der Waals surface area (Å²) >= 11 is 0. The van der Waals surface area contributed by atoms with Gasteiger partial charge in [0.05, 0.1) is 6.42 Å². The smallest absolute Gasteiger partial charge is 0.307 e. The molecule has 148 valence electrons. The van der Waals surface area contributed by atoms with E-state index in [1.807, 2.05) is 44.2 Å². The monoisotopic (exact) mass is 389 g/mol. The molecule has 2 N–H and O–H groups in total. The second-order valence-electron chi connectivity index (χ2n) is 6.97. The molecule has 3 aromatic rings. The van der Waals surface area contributed by atoms with Crippen LogP contribution in [0.1, 0.15) is 32.6 Å². The van der Waals surface area contributed by atoms with Crippen LogP contribution in [-0.2, 0) is 17.8 Å². The minimum atomic E-state index is -0.851. The molecule has 29 heavy (non-hydrogen) atoms. The van der Waals surface area contributed by atoms with Crippen molar-refractivity contribution in [3.63, 3.8) is 0 Å². The highest BCUT2D eigenvalue weighted by molar-refractivity contribution is 6.04. The van der Waals surface area contributed by atoms with Crippen molar-refractivity contribution in [3.8, 4) is 5.75 Å². The van der Waals surface area contributed by atoms with Gasteiger partial charge in [-0.3, -0.25) is 9.59 Å². The van der Waals surface area contributed by atoms with E-state index in [0.717, 1.165) is 27.9 Å². The van der Waals surface area contributed by atoms with Gasteiger partial charge in [0.1, 0.15) is 12.4 Å². The van der Waals surface area contributed by atoms with Crippen molar-refractivity contribution >= 4 is 17.6 Å². The Morgan fingerprint density at radius 1 is 0.897 bits per heavy atom. The van der Waals surface area contributed by atoms with Crippen LogP contribution in [0.5, 0.6) is 5.75 Å². The summed E-state index contributed by atoms with van der Waals surface area (Å²) in [7, 11) is 0. The van der Waals surface area contributed by atoms with Crippen molar-refractivity contribution in [2.24, 2.45) is 0 Å². The van der Waals surface area contributed by atoms with Crippen LogP contribution in [0.3, 0.4) is 0 Å². The molecule has 0 radical (unpaired) electrons. The number of carbonyl (C=O) groups is 2. The highest BCUT2D eigenvalue weighted by Crippen LogP contribution is 2.19.